The third-order valence-electron chi connectivity index (χ3n) is 3.57. The Morgan fingerprint density at radius 2 is 1.37 bits per heavy atom. The summed E-state index contributed by atoms with van der Waals surface area (Å²) in [4.78, 5) is 11.1. The second-order valence-electron chi connectivity index (χ2n) is 5.42. The molecule has 0 saturated heterocycles. The summed E-state index contributed by atoms with van der Waals surface area (Å²) >= 11 is 0. The molecule has 3 nitrogen and oxygen atoms in total. The fraction of sp³-hybridized carbons (Fsp3) is 0.167. The van der Waals surface area contributed by atoms with Crippen molar-refractivity contribution in [1.29, 1.82) is 0 Å². The topological polar surface area (TPSA) is 46.5 Å². The Bertz CT molecular complexity index is 832. The summed E-state index contributed by atoms with van der Waals surface area (Å²) in [7, 11) is 1.37. The van der Waals surface area contributed by atoms with Crippen LogP contribution in [0.1, 0.15) is 22.3 Å². The molecule has 0 aliphatic carbocycles. The van der Waals surface area contributed by atoms with Gasteiger partial charge in [0.25, 0.3) is 0 Å². The minimum atomic E-state index is -5.04. The van der Waals surface area contributed by atoms with Crippen molar-refractivity contribution in [2.45, 2.75) is 12.4 Å². The number of ether oxygens (including phenoxy) is 1. The number of hydrogen-bond acceptors (Lipinski definition) is 2. The number of halogens is 6. The predicted octanol–water partition coefficient (Wildman–Crippen LogP) is 5.25. The first-order valence-electron chi connectivity index (χ1n) is 7.30. The average Bonchev–Trinajstić information content (AvgIpc) is 2.58. The number of hydrogen-bond donors (Lipinski definition) is 1. The van der Waals surface area contributed by atoms with Crippen LogP contribution in [0.15, 0.2) is 48.5 Å². The highest BCUT2D eigenvalue weighted by atomic mass is 19.4. The number of rotatable bonds is 4. The van der Waals surface area contributed by atoms with Crippen molar-refractivity contribution >= 4 is 11.5 Å². The van der Waals surface area contributed by atoms with Gasteiger partial charge in [0.05, 0.1) is 18.2 Å². The van der Waals surface area contributed by atoms with E-state index < -0.39 is 35.0 Å². The first kappa shape index (κ1) is 20.3. The van der Waals surface area contributed by atoms with Crippen LogP contribution in [0, 0.1) is 0 Å². The molecule has 1 N–H and O–H groups in total. The van der Waals surface area contributed by atoms with Crippen LogP contribution in [0.2, 0.25) is 0 Å². The Hall–Kier alpha value is -2.97. The lowest BCUT2D eigenvalue weighted by atomic mass is 9.93. The summed E-state index contributed by atoms with van der Waals surface area (Å²) in [5, 5.41) is 9.02. The summed E-state index contributed by atoms with van der Waals surface area (Å²) in [5.41, 5.74) is -3.77. The monoisotopic (exact) mass is 390 g/mol. The van der Waals surface area contributed by atoms with Gasteiger partial charge in [0.15, 0.2) is 0 Å². The van der Waals surface area contributed by atoms with Gasteiger partial charge in [-0.15, -0.1) is 0 Å². The summed E-state index contributed by atoms with van der Waals surface area (Å²) in [6, 6.07) is 6.42. The Balaban J connectivity index is 2.72. The van der Waals surface area contributed by atoms with Crippen molar-refractivity contribution in [3.05, 3.63) is 70.8 Å². The van der Waals surface area contributed by atoms with E-state index in [9.17, 15) is 31.1 Å². The lowest BCUT2D eigenvalue weighted by molar-refractivity contribution is -0.143. The molecule has 9 heteroatoms. The molecule has 0 aromatic heterocycles. The van der Waals surface area contributed by atoms with Crippen molar-refractivity contribution in [2.75, 3.05) is 7.11 Å². The molecule has 0 atom stereocenters. The first-order valence-corrected chi connectivity index (χ1v) is 7.30. The van der Waals surface area contributed by atoms with Crippen LogP contribution in [0.25, 0.3) is 5.57 Å². The second-order valence-corrected chi connectivity index (χ2v) is 5.42. The van der Waals surface area contributed by atoms with Gasteiger partial charge in [0.2, 0.25) is 0 Å². The van der Waals surface area contributed by atoms with E-state index in [1.54, 1.807) is 0 Å². The molecular formula is C18H12F6O3. The summed E-state index contributed by atoms with van der Waals surface area (Å²) in [5.74, 6) is -1.14. The zero-order chi connectivity index (χ0) is 20.4. The molecule has 2 rings (SSSR count). The Kier molecular flexibility index (Phi) is 5.53. The van der Waals surface area contributed by atoms with E-state index in [2.05, 4.69) is 0 Å². The van der Waals surface area contributed by atoms with Crippen LogP contribution in [0.4, 0.5) is 26.3 Å². The summed E-state index contributed by atoms with van der Waals surface area (Å²) < 4.78 is 83.2. The van der Waals surface area contributed by atoms with Gasteiger partial charge >= 0.3 is 18.3 Å². The molecule has 0 aliphatic heterocycles. The summed E-state index contributed by atoms with van der Waals surface area (Å²) in [6.45, 7) is 0. The molecule has 0 bridgehead atoms. The van der Waals surface area contributed by atoms with Gasteiger partial charge in [-0.2, -0.15) is 26.3 Å². The molecule has 2 aromatic rings. The van der Waals surface area contributed by atoms with Crippen molar-refractivity contribution in [3.63, 3.8) is 0 Å². The number of carboxylic acid groups (broad SMARTS) is 1. The number of benzene rings is 2. The molecule has 2 aromatic carbocycles. The first-order chi connectivity index (χ1) is 12.4. The number of carbonyl (C=O) groups is 1. The van der Waals surface area contributed by atoms with Gasteiger partial charge in [-0.1, -0.05) is 12.1 Å². The van der Waals surface area contributed by atoms with Gasteiger partial charge in [0.1, 0.15) is 5.75 Å². The van der Waals surface area contributed by atoms with E-state index in [0.29, 0.717) is 24.0 Å². The molecule has 0 saturated carbocycles. The lowest BCUT2D eigenvalue weighted by Crippen LogP contribution is -2.12. The third kappa shape index (κ3) is 5.02. The standard InChI is InChI=1S/C18H12F6O3/c1-27-14-4-2-10(3-5-14)15(9-16(25)26)11-6-12(17(19,20)21)8-13(7-11)18(22,23)24/h2-9H,1H3,(H,25,26). The molecule has 0 unspecified atom stereocenters. The maximum atomic E-state index is 13.0. The van der Waals surface area contributed by atoms with Crippen LogP contribution < -0.4 is 4.74 Å². The van der Waals surface area contributed by atoms with Crippen LogP contribution in [0.5, 0.6) is 5.75 Å². The molecule has 0 spiro atoms. The number of alkyl halides is 6. The molecule has 0 radical (unpaired) electrons. The molecule has 0 aliphatic rings. The van der Waals surface area contributed by atoms with Gasteiger partial charge in [0, 0.05) is 6.08 Å². The zero-order valence-corrected chi connectivity index (χ0v) is 13.7. The van der Waals surface area contributed by atoms with E-state index in [4.69, 9.17) is 9.84 Å². The number of carboxylic acids is 1. The molecule has 0 heterocycles. The van der Waals surface area contributed by atoms with Crippen LogP contribution in [-0.2, 0) is 17.1 Å². The highest BCUT2D eigenvalue weighted by molar-refractivity contribution is 5.95. The van der Waals surface area contributed by atoms with Crippen LogP contribution in [0.3, 0.4) is 0 Å². The van der Waals surface area contributed by atoms with E-state index in [0.717, 1.165) is 0 Å². The van der Waals surface area contributed by atoms with Gasteiger partial charge in [-0.25, -0.2) is 4.79 Å². The van der Waals surface area contributed by atoms with E-state index in [1.165, 1.54) is 31.4 Å². The van der Waals surface area contributed by atoms with Crippen molar-refractivity contribution < 1.29 is 41.0 Å². The second kappa shape index (κ2) is 7.34. The normalized spacial score (nSPS) is 12.8. The highest BCUT2D eigenvalue weighted by Gasteiger charge is 2.37. The Labute approximate surface area is 149 Å². The van der Waals surface area contributed by atoms with Crippen molar-refractivity contribution in [1.82, 2.24) is 0 Å². The molecule has 27 heavy (non-hydrogen) atoms. The summed E-state index contributed by atoms with van der Waals surface area (Å²) in [6.07, 6.45) is -9.52. The minimum absolute atomic E-state index is 0.0179. The minimum Gasteiger partial charge on any atom is -0.497 e. The molecular weight excluding hydrogens is 378 g/mol. The zero-order valence-electron chi connectivity index (χ0n) is 13.7. The largest absolute Gasteiger partial charge is 0.497 e. The predicted molar refractivity (Wildman–Crippen MR) is 84.2 cm³/mol. The smallest absolute Gasteiger partial charge is 0.416 e. The molecule has 0 amide bonds. The lowest BCUT2D eigenvalue weighted by Gasteiger charge is -2.16. The SMILES string of the molecule is COc1ccc(C(=CC(=O)O)c2cc(C(F)(F)F)cc(C(F)(F)F)c2)cc1. The Morgan fingerprint density at radius 1 is 0.889 bits per heavy atom. The third-order valence-corrected chi connectivity index (χ3v) is 3.57. The van der Waals surface area contributed by atoms with Crippen molar-refractivity contribution in [2.24, 2.45) is 0 Å². The van der Waals surface area contributed by atoms with Crippen LogP contribution in [-0.4, -0.2) is 18.2 Å². The number of methoxy groups -OCH3 is 1. The van der Waals surface area contributed by atoms with Gasteiger partial charge < -0.3 is 9.84 Å². The maximum Gasteiger partial charge on any atom is 0.416 e. The van der Waals surface area contributed by atoms with Crippen molar-refractivity contribution in [3.8, 4) is 5.75 Å². The van der Waals surface area contributed by atoms with E-state index in [-0.39, 0.29) is 17.2 Å². The maximum absolute atomic E-state index is 13.0. The molecule has 144 valence electrons. The average molecular weight is 390 g/mol. The quantitative estimate of drug-likeness (QED) is 0.573. The number of aliphatic carboxylic acids is 1. The fourth-order valence-corrected chi connectivity index (χ4v) is 2.34. The van der Waals surface area contributed by atoms with E-state index in [1.807, 2.05) is 0 Å². The fourth-order valence-electron chi connectivity index (χ4n) is 2.34. The molecule has 0 fully saturated rings. The van der Waals surface area contributed by atoms with Gasteiger partial charge in [-0.05, 0) is 47.0 Å². The van der Waals surface area contributed by atoms with Crippen LogP contribution >= 0.6 is 0 Å². The van der Waals surface area contributed by atoms with Gasteiger partial charge in [-0.3, -0.25) is 0 Å². The highest BCUT2D eigenvalue weighted by Crippen LogP contribution is 2.38. The van der Waals surface area contributed by atoms with E-state index >= 15 is 0 Å². The Morgan fingerprint density at radius 3 is 1.74 bits per heavy atom.